The highest BCUT2D eigenvalue weighted by atomic mass is 32.2. The van der Waals surface area contributed by atoms with Gasteiger partial charge in [-0.15, -0.1) is 0 Å². The van der Waals surface area contributed by atoms with E-state index in [4.69, 9.17) is 0 Å². The lowest BCUT2D eigenvalue weighted by Crippen LogP contribution is -2.56. The fraction of sp³-hybridized carbons (Fsp3) is 0.350. The number of sulfonamides is 1. The lowest BCUT2D eigenvalue weighted by atomic mass is 10.1. The van der Waals surface area contributed by atoms with Crippen molar-refractivity contribution < 1.29 is 13.2 Å². The molecule has 144 valence electrons. The number of piperazine rings is 1. The molecule has 2 aromatic rings. The number of aryl methyl sites for hydroxylation is 1. The van der Waals surface area contributed by atoms with Gasteiger partial charge in [-0.05, 0) is 31.5 Å². The summed E-state index contributed by atoms with van der Waals surface area (Å²) < 4.78 is 27.0. The average molecular weight is 388 g/mol. The van der Waals surface area contributed by atoms with E-state index in [-0.39, 0.29) is 10.9 Å². The maximum absolute atomic E-state index is 12.5. The fourth-order valence-electron chi connectivity index (χ4n) is 3.19. The standard InChI is InChI=1S/C20H25N3O3S/c1-16-8-10-19(11-9-16)27(25,26)21-20(24)23-13-12-22(17(2)14-23)15-18-6-4-3-5-7-18/h3-11,17H,12-15H2,1-2H3,(H,21,24). The summed E-state index contributed by atoms with van der Waals surface area (Å²) in [5.74, 6) is 0. The van der Waals surface area contributed by atoms with Crippen LogP contribution in [0.5, 0.6) is 0 Å². The molecule has 2 aromatic carbocycles. The molecule has 0 radical (unpaired) electrons. The van der Waals surface area contributed by atoms with E-state index in [0.717, 1.165) is 12.1 Å². The highest BCUT2D eigenvalue weighted by Crippen LogP contribution is 2.15. The number of hydrogen-bond donors (Lipinski definition) is 1. The first-order valence-corrected chi connectivity index (χ1v) is 10.5. The molecule has 0 bridgehead atoms. The van der Waals surface area contributed by atoms with E-state index in [2.05, 4.69) is 28.7 Å². The van der Waals surface area contributed by atoms with Crippen LogP contribution in [0.25, 0.3) is 0 Å². The number of nitrogens with zero attached hydrogens (tertiary/aromatic N) is 2. The van der Waals surface area contributed by atoms with Gasteiger partial charge in [0.05, 0.1) is 4.90 Å². The molecule has 1 saturated heterocycles. The highest BCUT2D eigenvalue weighted by molar-refractivity contribution is 7.90. The normalized spacial score (nSPS) is 18.3. The number of urea groups is 1. The quantitative estimate of drug-likeness (QED) is 0.876. The van der Waals surface area contributed by atoms with Gasteiger partial charge in [0.25, 0.3) is 10.0 Å². The van der Waals surface area contributed by atoms with E-state index >= 15 is 0 Å². The van der Waals surface area contributed by atoms with Crippen molar-refractivity contribution in [3.8, 4) is 0 Å². The third kappa shape index (κ3) is 4.87. The molecule has 27 heavy (non-hydrogen) atoms. The Morgan fingerprint density at radius 2 is 1.74 bits per heavy atom. The molecule has 1 unspecified atom stereocenters. The second-order valence-electron chi connectivity index (χ2n) is 6.97. The minimum Gasteiger partial charge on any atom is -0.321 e. The largest absolute Gasteiger partial charge is 0.331 e. The van der Waals surface area contributed by atoms with Gasteiger partial charge in [-0.1, -0.05) is 48.0 Å². The van der Waals surface area contributed by atoms with Crippen LogP contribution in [-0.4, -0.2) is 49.9 Å². The SMILES string of the molecule is Cc1ccc(S(=O)(=O)NC(=O)N2CCN(Cc3ccccc3)C(C)C2)cc1. The monoisotopic (exact) mass is 387 g/mol. The summed E-state index contributed by atoms with van der Waals surface area (Å²) in [4.78, 5) is 16.4. The van der Waals surface area contributed by atoms with Crippen LogP contribution in [0, 0.1) is 6.92 Å². The van der Waals surface area contributed by atoms with Crippen molar-refractivity contribution >= 4 is 16.1 Å². The smallest absolute Gasteiger partial charge is 0.321 e. The number of amides is 2. The van der Waals surface area contributed by atoms with Crippen molar-refractivity contribution in [1.82, 2.24) is 14.5 Å². The second kappa shape index (κ2) is 8.10. The fourth-order valence-corrected chi connectivity index (χ4v) is 4.16. The number of carbonyl (C=O) groups is 1. The first kappa shape index (κ1) is 19.4. The van der Waals surface area contributed by atoms with Crippen molar-refractivity contribution in [2.75, 3.05) is 19.6 Å². The Kier molecular flexibility index (Phi) is 5.82. The molecule has 0 aromatic heterocycles. The van der Waals surface area contributed by atoms with Crippen molar-refractivity contribution in [3.63, 3.8) is 0 Å². The summed E-state index contributed by atoms with van der Waals surface area (Å²) >= 11 is 0. The van der Waals surface area contributed by atoms with Gasteiger partial charge in [-0.2, -0.15) is 0 Å². The minimum atomic E-state index is -3.86. The minimum absolute atomic E-state index is 0.0946. The first-order valence-electron chi connectivity index (χ1n) is 9.01. The maximum Gasteiger partial charge on any atom is 0.331 e. The van der Waals surface area contributed by atoms with Gasteiger partial charge in [0.2, 0.25) is 0 Å². The molecule has 1 aliphatic rings. The lowest BCUT2D eigenvalue weighted by molar-refractivity contribution is 0.0946. The van der Waals surface area contributed by atoms with Gasteiger partial charge in [0, 0.05) is 32.2 Å². The van der Waals surface area contributed by atoms with Crippen LogP contribution < -0.4 is 4.72 Å². The van der Waals surface area contributed by atoms with Crippen LogP contribution in [0.3, 0.4) is 0 Å². The summed E-state index contributed by atoms with van der Waals surface area (Å²) in [6.07, 6.45) is 0. The molecule has 0 aliphatic carbocycles. The van der Waals surface area contributed by atoms with Gasteiger partial charge < -0.3 is 4.90 Å². The summed E-state index contributed by atoms with van der Waals surface area (Å²) in [5, 5.41) is 0. The Balaban J connectivity index is 1.59. The van der Waals surface area contributed by atoms with Gasteiger partial charge in [-0.25, -0.2) is 17.9 Å². The van der Waals surface area contributed by atoms with Gasteiger partial charge in [-0.3, -0.25) is 4.90 Å². The number of benzene rings is 2. The van der Waals surface area contributed by atoms with E-state index in [1.807, 2.05) is 25.1 Å². The van der Waals surface area contributed by atoms with Crippen LogP contribution in [0.15, 0.2) is 59.5 Å². The third-order valence-electron chi connectivity index (χ3n) is 4.83. The van der Waals surface area contributed by atoms with E-state index in [0.29, 0.717) is 19.6 Å². The Morgan fingerprint density at radius 3 is 2.37 bits per heavy atom. The maximum atomic E-state index is 12.5. The Labute approximate surface area is 160 Å². The lowest BCUT2D eigenvalue weighted by Gasteiger charge is -2.39. The van der Waals surface area contributed by atoms with Crippen molar-refractivity contribution in [2.24, 2.45) is 0 Å². The Bertz CT molecular complexity index is 882. The molecule has 1 aliphatic heterocycles. The summed E-state index contributed by atoms with van der Waals surface area (Å²) in [6, 6.07) is 16.2. The predicted molar refractivity (Wildman–Crippen MR) is 105 cm³/mol. The van der Waals surface area contributed by atoms with Gasteiger partial charge >= 0.3 is 6.03 Å². The first-order chi connectivity index (χ1) is 12.8. The molecule has 6 nitrogen and oxygen atoms in total. The zero-order valence-electron chi connectivity index (χ0n) is 15.6. The average Bonchev–Trinajstić information content (AvgIpc) is 2.64. The van der Waals surface area contributed by atoms with Crippen LogP contribution in [-0.2, 0) is 16.6 Å². The van der Waals surface area contributed by atoms with Crippen LogP contribution in [0.2, 0.25) is 0 Å². The Hall–Kier alpha value is -2.38. The molecule has 3 rings (SSSR count). The molecule has 1 atom stereocenters. The number of hydrogen-bond acceptors (Lipinski definition) is 4. The van der Waals surface area contributed by atoms with E-state index < -0.39 is 16.1 Å². The molecule has 0 saturated carbocycles. The molecular formula is C20H25N3O3S. The molecule has 1 heterocycles. The van der Waals surface area contributed by atoms with Crippen molar-refractivity contribution in [2.45, 2.75) is 31.3 Å². The second-order valence-corrected chi connectivity index (χ2v) is 8.66. The highest BCUT2D eigenvalue weighted by Gasteiger charge is 2.29. The van der Waals surface area contributed by atoms with Crippen molar-refractivity contribution in [1.29, 1.82) is 0 Å². The van der Waals surface area contributed by atoms with E-state index in [1.165, 1.54) is 17.7 Å². The predicted octanol–water partition coefficient (Wildman–Crippen LogP) is 2.60. The molecule has 7 heteroatoms. The van der Waals surface area contributed by atoms with Crippen LogP contribution in [0.4, 0.5) is 4.79 Å². The van der Waals surface area contributed by atoms with Gasteiger partial charge in [0.1, 0.15) is 0 Å². The summed E-state index contributed by atoms with van der Waals surface area (Å²) in [7, 11) is -3.86. The number of nitrogens with one attached hydrogen (secondary N) is 1. The summed E-state index contributed by atoms with van der Waals surface area (Å²) in [5.41, 5.74) is 2.19. The summed E-state index contributed by atoms with van der Waals surface area (Å²) in [6.45, 7) is 6.43. The zero-order valence-corrected chi connectivity index (χ0v) is 16.4. The molecule has 2 amide bonds. The van der Waals surface area contributed by atoms with Gasteiger partial charge in [0.15, 0.2) is 0 Å². The molecule has 1 fully saturated rings. The third-order valence-corrected chi connectivity index (χ3v) is 6.17. The number of rotatable bonds is 4. The topological polar surface area (TPSA) is 69.7 Å². The zero-order chi connectivity index (χ0) is 19.4. The molecule has 0 spiro atoms. The molecular weight excluding hydrogens is 362 g/mol. The Morgan fingerprint density at radius 1 is 1.07 bits per heavy atom. The van der Waals surface area contributed by atoms with Crippen LogP contribution >= 0.6 is 0 Å². The van der Waals surface area contributed by atoms with Crippen molar-refractivity contribution in [3.05, 3.63) is 65.7 Å². The van der Waals surface area contributed by atoms with E-state index in [1.54, 1.807) is 17.0 Å². The van der Waals surface area contributed by atoms with E-state index in [9.17, 15) is 13.2 Å². The van der Waals surface area contributed by atoms with Crippen LogP contribution in [0.1, 0.15) is 18.1 Å². The number of carbonyl (C=O) groups excluding carboxylic acids is 1. The molecule has 1 N–H and O–H groups in total.